The third-order valence-electron chi connectivity index (χ3n) is 4.64. The van der Waals surface area contributed by atoms with Crippen molar-refractivity contribution < 1.29 is 18.7 Å². The van der Waals surface area contributed by atoms with Crippen molar-refractivity contribution in [3.05, 3.63) is 60.0 Å². The minimum Gasteiger partial charge on any atom is -0.497 e. The highest BCUT2D eigenvalue weighted by molar-refractivity contribution is 5.90. The van der Waals surface area contributed by atoms with Crippen LogP contribution in [0.5, 0.6) is 5.75 Å². The van der Waals surface area contributed by atoms with Crippen LogP contribution >= 0.6 is 0 Å². The van der Waals surface area contributed by atoms with E-state index in [0.29, 0.717) is 11.5 Å². The third-order valence-corrected chi connectivity index (χ3v) is 4.64. The molecule has 0 aliphatic carbocycles. The third kappa shape index (κ3) is 4.74. The predicted octanol–water partition coefficient (Wildman–Crippen LogP) is 4.51. The number of nitrogens with zero attached hydrogens (tertiary/aromatic N) is 3. The standard InChI is InChI=1S/C22H25N3O4/c1-5-25(6-2)18-11-7-17(8-12-18)22(26)28-15(3)20-23-24-21(29-20)16-9-13-19(27-4)14-10-16/h7-15H,5-6H2,1-4H3. The molecule has 0 spiro atoms. The van der Waals surface area contributed by atoms with E-state index >= 15 is 0 Å². The number of carbonyl (C=O) groups is 1. The van der Waals surface area contributed by atoms with E-state index in [1.54, 1.807) is 26.2 Å². The Labute approximate surface area is 170 Å². The number of hydrogen-bond donors (Lipinski definition) is 0. The Morgan fingerprint density at radius 2 is 1.69 bits per heavy atom. The molecule has 1 unspecified atom stereocenters. The van der Waals surface area contributed by atoms with Crippen molar-refractivity contribution >= 4 is 11.7 Å². The molecule has 0 saturated carbocycles. The average molecular weight is 395 g/mol. The van der Waals surface area contributed by atoms with Crippen LogP contribution in [0.3, 0.4) is 0 Å². The van der Waals surface area contributed by atoms with Crippen LogP contribution in [-0.4, -0.2) is 36.4 Å². The van der Waals surface area contributed by atoms with E-state index in [-0.39, 0.29) is 5.89 Å². The van der Waals surface area contributed by atoms with Gasteiger partial charge in [0.15, 0.2) is 6.10 Å². The molecule has 2 aromatic carbocycles. The summed E-state index contributed by atoms with van der Waals surface area (Å²) in [4.78, 5) is 14.7. The van der Waals surface area contributed by atoms with Gasteiger partial charge in [0.25, 0.3) is 5.89 Å². The van der Waals surface area contributed by atoms with E-state index in [4.69, 9.17) is 13.9 Å². The van der Waals surface area contributed by atoms with Crippen LogP contribution in [0.15, 0.2) is 52.9 Å². The number of esters is 1. The molecular weight excluding hydrogens is 370 g/mol. The zero-order valence-corrected chi connectivity index (χ0v) is 17.1. The van der Waals surface area contributed by atoms with Crippen molar-refractivity contribution in [2.24, 2.45) is 0 Å². The summed E-state index contributed by atoms with van der Waals surface area (Å²) in [5.41, 5.74) is 2.30. The number of methoxy groups -OCH3 is 1. The van der Waals surface area contributed by atoms with Crippen LogP contribution in [0.1, 0.15) is 43.1 Å². The lowest BCUT2D eigenvalue weighted by atomic mass is 10.2. The summed E-state index contributed by atoms with van der Waals surface area (Å²) in [6.45, 7) is 7.71. The molecule has 1 heterocycles. The number of rotatable bonds is 8. The molecule has 0 amide bonds. The maximum Gasteiger partial charge on any atom is 0.338 e. The quantitative estimate of drug-likeness (QED) is 0.519. The fraction of sp³-hybridized carbons (Fsp3) is 0.318. The molecule has 7 nitrogen and oxygen atoms in total. The van der Waals surface area contributed by atoms with E-state index in [2.05, 4.69) is 28.9 Å². The van der Waals surface area contributed by atoms with Crippen molar-refractivity contribution in [3.63, 3.8) is 0 Å². The highest BCUT2D eigenvalue weighted by Crippen LogP contribution is 2.25. The van der Waals surface area contributed by atoms with Gasteiger partial charge >= 0.3 is 5.97 Å². The van der Waals surface area contributed by atoms with Gasteiger partial charge in [-0.25, -0.2) is 4.79 Å². The second kappa shape index (κ2) is 9.23. The summed E-state index contributed by atoms with van der Waals surface area (Å²) in [5.74, 6) is 0.897. The van der Waals surface area contributed by atoms with Crippen LogP contribution in [0.25, 0.3) is 11.5 Å². The van der Waals surface area contributed by atoms with Gasteiger partial charge in [-0.1, -0.05) is 0 Å². The molecule has 1 aromatic heterocycles. The van der Waals surface area contributed by atoms with Crippen molar-refractivity contribution in [3.8, 4) is 17.2 Å². The van der Waals surface area contributed by atoms with Crippen molar-refractivity contribution in [1.29, 1.82) is 0 Å². The molecule has 0 aliphatic heterocycles. The molecule has 0 saturated heterocycles. The van der Waals surface area contributed by atoms with Crippen LogP contribution in [0, 0.1) is 0 Å². The zero-order valence-electron chi connectivity index (χ0n) is 17.1. The van der Waals surface area contributed by atoms with Gasteiger partial charge in [0, 0.05) is 24.3 Å². The maximum absolute atomic E-state index is 12.5. The lowest BCUT2D eigenvalue weighted by Gasteiger charge is -2.21. The Morgan fingerprint density at radius 3 is 2.28 bits per heavy atom. The number of carbonyl (C=O) groups excluding carboxylic acids is 1. The second-order valence-electron chi connectivity index (χ2n) is 6.44. The molecule has 7 heteroatoms. The predicted molar refractivity (Wildman–Crippen MR) is 110 cm³/mol. The van der Waals surface area contributed by atoms with Crippen LogP contribution < -0.4 is 9.64 Å². The van der Waals surface area contributed by atoms with Crippen molar-refractivity contribution in [2.45, 2.75) is 26.9 Å². The number of anilines is 1. The van der Waals surface area contributed by atoms with Gasteiger partial charge in [-0.05, 0) is 69.3 Å². The normalized spacial score (nSPS) is 11.7. The van der Waals surface area contributed by atoms with Gasteiger partial charge in [-0.2, -0.15) is 0 Å². The second-order valence-corrected chi connectivity index (χ2v) is 6.44. The highest BCUT2D eigenvalue weighted by Gasteiger charge is 2.20. The minimum atomic E-state index is -0.663. The molecule has 0 fully saturated rings. The largest absolute Gasteiger partial charge is 0.497 e. The summed E-state index contributed by atoms with van der Waals surface area (Å²) >= 11 is 0. The first-order valence-corrected chi connectivity index (χ1v) is 9.59. The summed E-state index contributed by atoms with van der Waals surface area (Å²) < 4.78 is 16.3. The summed E-state index contributed by atoms with van der Waals surface area (Å²) in [6.07, 6.45) is -0.663. The maximum atomic E-state index is 12.5. The van der Waals surface area contributed by atoms with Crippen molar-refractivity contribution in [2.75, 3.05) is 25.1 Å². The van der Waals surface area contributed by atoms with Gasteiger partial charge in [-0.3, -0.25) is 0 Å². The Balaban J connectivity index is 1.66. The summed E-state index contributed by atoms with van der Waals surface area (Å²) in [7, 11) is 1.60. The fourth-order valence-electron chi connectivity index (χ4n) is 2.93. The summed E-state index contributed by atoms with van der Waals surface area (Å²) in [6, 6.07) is 14.6. The number of benzene rings is 2. The number of aromatic nitrogens is 2. The minimum absolute atomic E-state index is 0.240. The molecule has 29 heavy (non-hydrogen) atoms. The van der Waals surface area contributed by atoms with Crippen molar-refractivity contribution in [1.82, 2.24) is 10.2 Å². The fourth-order valence-corrected chi connectivity index (χ4v) is 2.93. The Hall–Kier alpha value is -3.35. The van der Waals surface area contributed by atoms with Gasteiger partial charge < -0.3 is 18.8 Å². The first kappa shape index (κ1) is 20.4. The van der Waals surface area contributed by atoms with Crippen LogP contribution in [0.4, 0.5) is 5.69 Å². The first-order valence-electron chi connectivity index (χ1n) is 9.59. The lowest BCUT2D eigenvalue weighted by molar-refractivity contribution is 0.0280. The molecule has 3 rings (SSSR count). The number of ether oxygens (including phenoxy) is 2. The molecule has 152 valence electrons. The van der Waals surface area contributed by atoms with Gasteiger partial charge in [0.1, 0.15) is 5.75 Å². The smallest absolute Gasteiger partial charge is 0.338 e. The van der Waals surface area contributed by atoms with E-state index in [0.717, 1.165) is 30.1 Å². The van der Waals surface area contributed by atoms with Gasteiger partial charge in [0.2, 0.25) is 5.89 Å². The number of hydrogen-bond acceptors (Lipinski definition) is 7. The molecule has 0 N–H and O–H groups in total. The SMILES string of the molecule is CCN(CC)c1ccc(C(=O)OC(C)c2nnc(-c3ccc(OC)cc3)o2)cc1. The zero-order chi connectivity index (χ0) is 20.8. The Morgan fingerprint density at radius 1 is 1.03 bits per heavy atom. The van der Waals surface area contributed by atoms with E-state index in [9.17, 15) is 4.79 Å². The average Bonchev–Trinajstić information content (AvgIpc) is 3.25. The Bertz CT molecular complexity index is 931. The molecule has 1 atom stereocenters. The van der Waals surface area contributed by atoms with Crippen LogP contribution in [-0.2, 0) is 4.74 Å². The monoisotopic (exact) mass is 395 g/mol. The van der Waals surface area contributed by atoms with E-state index in [1.807, 2.05) is 36.4 Å². The van der Waals surface area contributed by atoms with Gasteiger partial charge in [-0.15, -0.1) is 10.2 Å². The topological polar surface area (TPSA) is 77.7 Å². The van der Waals surface area contributed by atoms with Crippen LogP contribution in [0.2, 0.25) is 0 Å². The molecule has 3 aromatic rings. The molecule has 0 radical (unpaired) electrons. The Kier molecular flexibility index (Phi) is 6.49. The molecule has 0 aliphatic rings. The molecule has 0 bridgehead atoms. The lowest BCUT2D eigenvalue weighted by Crippen LogP contribution is -2.21. The van der Waals surface area contributed by atoms with E-state index < -0.39 is 12.1 Å². The highest BCUT2D eigenvalue weighted by atomic mass is 16.6. The summed E-state index contributed by atoms with van der Waals surface area (Å²) in [5, 5.41) is 8.05. The first-order chi connectivity index (χ1) is 14.0. The molecular formula is C22H25N3O4. The van der Waals surface area contributed by atoms with E-state index in [1.165, 1.54) is 0 Å². The van der Waals surface area contributed by atoms with Gasteiger partial charge in [0.05, 0.1) is 12.7 Å².